The zero-order valence-corrected chi connectivity index (χ0v) is 5.42. The Morgan fingerprint density at radius 2 is 2.33 bits per heavy atom. The number of carbonyl (C=O) groups excluding carboxylic acids is 1. The number of amides is 1. The molecule has 0 atom stereocenters. The maximum atomic E-state index is 10.3. The first-order valence-electron chi connectivity index (χ1n) is 2.89. The van der Waals surface area contributed by atoms with Crippen molar-refractivity contribution in [3.63, 3.8) is 0 Å². The average molecular weight is 129 g/mol. The molecule has 0 aliphatic heterocycles. The molecule has 0 aliphatic carbocycles. The predicted molar refractivity (Wildman–Crippen MR) is 34.0 cm³/mol. The Bertz CT molecular complexity index is 110. The second-order valence-corrected chi connectivity index (χ2v) is 1.62. The van der Waals surface area contributed by atoms with Crippen LogP contribution in [0.1, 0.15) is 19.8 Å². The molecule has 0 saturated carbocycles. The van der Waals surface area contributed by atoms with Crippen LogP contribution in [0.5, 0.6) is 0 Å². The first-order valence-corrected chi connectivity index (χ1v) is 2.89. The first-order chi connectivity index (χ1) is 4.31. The molecule has 0 aliphatic rings. The first kappa shape index (κ1) is 8.17. The minimum Gasteiger partial charge on any atom is -0.289 e. The molecule has 3 nitrogen and oxygen atoms in total. The largest absolute Gasteiger partial charge is 0.289 e. The fourth-order valence-electron chi connectivity index (χ4n) is 0.403. The van der Waals surface area contributed by atoms with Crippen LogP contribution < -0.4 is 5.48 Å². The van der Waals surface area contributed by atoms with E-state index in [-0.39, 0.29) is 12.3 Å². The Morgan fingerprint density at radius 1 is 1.67 bits per heavy atom. The SMILES string of the molecule is CC/C=C/CC(=O)NO. The van der Waals surface area contributed by atoms with Crippen LogP contribution >= 0.6 is 0 Å². The number of rotatable bonds is 3. The van der Waals surface area contributed by atoms with E-state index < -0.39 is 0 Å². The fourth-order valence-corrected chi connectivity index (χ4v) is 0.403. The van der Waals surface area contributed by atoms with Crippen molar-refractivity contribution in [2.24, 2.45) is 0 Å². The summed E-state index contributed by atoms with van der Waals surface area (Å²) in [5, 5.41) is 8.00. The van der Waals surface area contributed by atoms with Gasteiger partial charge in [0.25, 0.3) is 0 Å². The summed E-state index contributed by atoms with van der Waals surface area (Å²) >= 11 is 0. The molecule has 0 aromatic rings. The van der Waals surface area contributed by atoms with Gasteiger partial charge in [-0.3, -0.25) is 10.0 Å². The van der Waals surface area contributed by atoms with Gasteiger partial charge in [0.05, 0.1) is 0 Å². The third kappa shape index (κ3) is 5.03. The van der Waals surface area contributed by atoms with E-state index in [1.54, 1.807) is 6.08 Å². The van der Waals surface area contributed by atoms with Gasteiger partial charge >= 0.3 is 0 Å². The van der Waals surface area contributed by atoms with Gasteiger partial charge in [0.15, 0.2) is 0 Å². The molecule has 0 spiro atoms. The van der Waals surface area contributed by atoms with E-state index in [4.69, 9.17) is 5.21 Å². The second-order valence-electron chi connectivity index (χ2n) is 1.62. The highest BCUT2D eigenvalue weighted by molar-refractivity contribution is 5.76. The van der Waals surface area contributed by atoms with E-state index in [0.717, 1.165) is 6.42 Å². The summed E-state index contributed by atoms with van der Waals surface area (Å²) in [6, 6.07) is 0. The molecule has 0 bridgehead atoms. The Hall–Kier alpha value is -0.830. The smallest absolute Gasteiger partial charge is 0.247 e. The summed E-state index contributed by atoms with van der Waals surface area (Å²) in [4.78, 5) is 10.3. The Labute approximate surface area is 54.3 Å². The number of hydrogen-bond acceptors (Lipinski definition) is 2. The van der Waals surface area contributed by atoms with Crippen molar-refractivity contribution < 1.29 is 10.0 Å². The van der Waals surface area contributed by atoms with Crippen LogP contribution in [0.3, 0.4) is 0 Å². The average Bonchev–Trinajstić information content (AvgIpc) is 1.89. The van der Waals surface area contributed by atoms with E-state index in [9.17, 15) is 4.79 Å². The van der Waals surface area contributed by atoms with E-state index >= 15 is 0 Å². The predicted octanol–water partition coefficient (Wildman–Crippen LogP) is 0.848. The third-order valence-electron chi connectivity index (χ3n) is 0.830. The lowest BCUT2D eigenvalue weighted by Gasteiger charge is -1.89. The van der Waals surface area contributed by atoms with Crippen molar-refractivity contribution in [1.29, 1.82) is 0 Å². The lowest BCUT2D eigenvalue weighted by Crippen LogP contribution is -2.16. The summed E-state index contributed by atoms with van der Waals surface area (Å²) in [7, 11) is 0. The van der Waals surface area contributed by atoms with Crippen LogP contribution in [0.2, 0.25) is 0 Å². The number of hydroxylamine groups is 1. The Balaban J connectivity index is 3.26. The molecule has 0 saturated heterocycles. The lowest BCUT2D eigenvalue weighted by atomic mass is 10.3. The van der Waals surface area contributed by atoms with Gasteiger partial charge in [-0.1, -0.05) is 19.1 Å². The van der Waals surface area contributed by atoms with Crippen molar-refractivity contribution >= 4 is 5.91 Å². The Morgan fingerprint density at radius 3 is 2.78 bits per heavy atom. The lowest BCUT2D eigenvalue weighted by molar-refractivity contribution is -0.128. The maximum Gasteiger partial charge on any atom is 0.247 e. The van der Waals surface area contributed by atoms with Gasteiger partial charge in [0.2, 0.25) is 5.91 Å². The number of nitrogens with one attached hydrogen (secondary N) is 1. The van der Waals surface area contributed by atoms with Gasteiger partial charge in [0.1, 0.15) is 0 Å². The van der Waals surface area contributed by atoms with Gasteiger partial charge in [-0.15, -0.1) is 0 Å². The van der Waals surface area contributed by atoms with Crippen LogP contribution in [0.4, 0.5) is 0 Å². The van der Waals surface area contributed by atoms with Crippen LogP contribution in [0.25, 0.3) is 0 Å². The van der Waals surface area contributed by atoms with E-state index in [1.807, 2.05) is 13.0 Å². The molecule has 0 radical (unpaired) electrons. The summed E-state index contributed by atoms with van der Waals surface area (Å²) < 4.78 is 0. The van der Waals surface area contributed by atoms with E-state index in [0.29, 0.717) is 0 Å². The summed E-state index contributed by atoms with van der Waals surface area (Å²) in [5.74, 6) is -0.375. The highest BCUT2D eigenvalue weighted by Gasteiger charge is 1.90. The van der Waals surface area contributed by atoms with Gasteiger partial charge < -0.3 is 0 Å². The monoisotopic (exact) mass is 129 g/mol. The van der Waals surface area contributed by atoms with Crippen LogP contribution in [0.15, 0.2) is 12.2 Å². The summed E-state index contributed by atoms with van der Waals surface area (Å²) in [5.41, 5.74) is 1.53. The molecule has 0 aromatic heterocycles. The zero-order valence-electron chi connectivity index (χ0n) is 5.42. The van der Waals surface area contributed by atoms with Gasteiger partial charge in [-0.05, 0) is 6.42 Å². The number of hydrogen-bond donors (Lipinski definition) is 2. The molecule has 9 heavy (non-hydrogen) atoms. The molecule has 0 unspecified atom stereocenters. The van der Waals surface area contributed by atoms with Crippen molar-refractivity contribution in [2.75, 3.05) is 0 Å². The highest BCUT2D eigenvalue weighted by atomic mass is 16.5. The van der Waals surface area contributed by atoms with Crippen molar-refractivity contribution in [2.45, 2.75) is 19.8 Å². The van der Waals surface area contributed by atoms with Crippen molar-refractivity contribution in [1.82, 2.24) is 5.48 Å². The van der Waals surface area contributed by atoms with Crippen LogP contribution in [-0.2, 0) is 4.79 Å². The fraction of sp³-hybridized carbons (Fsp3) is 0.500. The van der Waals surface area contributed by atoms with Crippen LogP contribution in [0, 0.1) is 0 Å². The molecule has 3 heteroatoms. The zero-order chi connectivity index (χ0) is 7.11. The molecule has 0 rings (SSSR count). The number of allylic oxidation sites excluding steroid dienone is 1. The molecule has 52 valence electrons. The van der Waals surface area contributed by atoms with Gasteiger partial charge in [0, 0.05) is 6.42 Å². The molecule has 0 heterocycles. The van der Waals surface area contributed by atoms with Crippen molar-refractivity contribution in [3.8, 4) is 0 Å². The summed E-state index contributed by atoms with van der Waals surface area (Å²) in [6.07, 6.45) is 4.75. The highest BCUT2D eigenvalue weighted by Crippen LogP contribution is 1.84. The molecule has 1 amide bonds. The Kier molecular flexibility index (Phi) is 4.82. The third-order valence-corrected chi connectivity index (χ3v) is 0.830. The van der Waals surface area contributed by atoms with E-state index in [2.05, 4.69) is 0 Å². The minimum absolute atomic E-state index is 0.254. The van der Waals surface area contributed by atoms with E-state index in [1.165, 1.54) is 5.48 Å². The minimum atomic E-state index is -0.375. The molecule has 0 fully saturated rings. The number of carbonyl (C=O) groups is 1. The standard InChI is InChI=1S/C6H11NO2/c1-2-3-4-5-6(8)7-9/h3-4,9H,2,5H2,1H3,(H,7,8)/b4-3+. The van der Waals surface area contributed by atoms with Gasteiger partial charge in [-0.2, -0.15) is 0 Å². The molecule has 2 N–H and O–H groups in total. The quantitative estimate of drug-likeness (QED) is 0.337. The van der Waals surface area contributed by atoms with Crippen molar-refractivity contribution in [3.05, 3.63) is 12.2 Å². The molecule has 0 aromatic carbocycles. The van der Waals surface area contributed by atoms with Gasteiger partial charge in [-0.25, -0.2) is 5.48 Å². The molecular formula is C6H11NO2. The second kappa shape index (κ2) is 5.31. The molecular weight excluding hydrogens is 118 g/mol. The topological polar surface area (TPSA) is 49.3 Å². The normalized spacial score (nSPS) is 10.0. The van der Waals surface area contributed by atoms with Crippen LogP contribution in [-0.4, -0.2) is 11.1 Å². The maximum absolute atomic E-state index is 10.3. The summed E-state index contributed by atoms with van der Waals surface area (Å²) in [6.45, 7) is 1.98.